The molecule has 8 rings (SSSR count). The fourth-order valence-corrected chi connectivity index (χ4v) is 11.1. The van der Waals surface area contributed by atoms with Crippen LogP contribution < -0.4 is 10.4 Å². The number of rotatable bonds is 10. The van der Waals surface area contributed by atoms with Crippen molar-refractivity contribution in [2.75, 3.05) is 18.4 Å². The van der Waals surface area contributed by atoms with Gasteiger partial charge in [-0.2, -0.15) is 0 Å². The van der Waals surface area contributed by atoms with E-state index in [1.165, 1.54) is 44.9 Å². The molecule has 0 aromatic heterocycles. The zero-order valence-corrected chi connectivity index (χ0v) is 36.6. The van der Waals surface area contributed by atoms with Gasteiger partial charge < -0.3 is 46.6 Å². The number of nitrogens with one attached hydrogen (secondary N) is 1. The van der Waals surface area contributed by atoms with E-state index in [1.807, 2.05) is 12.1 Å². The summed E-state index contributed by atoms with van der Waals surface area (Å²) in [7, 11) is 0. The van der Waals surface area contributed by atoms with Crippen molar-refractivity contribution in [3.8, 4) is 5.75 Å². The van der Waals surface area contributed by atoms with Crippen LogP contribution in [0.15, 0.2) is 24.3 Å². The van der Waals surface area contributed by atoms with Crippen molar-refractivity contribution in [2.45, 2.75) is 197 Å². The molecule has 7 aliphatic rings. The molecule has 304 valence electrons. The molecule has 3 saturated heterocycles. The number of hydrogen-bond donors (Lipinski definition) is 4. The Morgan fingerprint density at radius 2 is 1.09 bits per heavy atom. The first-order valence-corrected chi connectivity index (χ1v) is 22.2. The average molecular weight is 836 g/mol. The molecule has 3 aliphatic carbocycles. The van der Waals surface area contributed by atoms with Gasteiger partial charge in [0.1, 0.15) is 0 Å². The van der Waals surface area contributed by atoms with E-state index in [0.717, 1.165) is 95.7 Å². The van der Waals surface area contributed by atoms with E-state index >= 15 is 0 Å². The predicted octanol–water partition coefficient (Wildman–Crippen LogP) is 7.78. The molecule has 1 aromatic rings. The summed E-state index contributed by atoms with van der Waals surface area (Å²) in [4.78, 5) is 4.94. The van der Waals surface area contributed by atoms with Crippen molar-refractivity contribution in [3.05, 3.63) is 45.8 Å². The Morgan fingerprint density at radius 1 is 0.636 bits per heavy atom. The molecule has 1 aromatic carbocycles. The van der Waals surface area contributed by atoms with E-state index < -0.39 is 0 Å². The van der Waals surface area contributed by atoms with Crippen LogP contribution in [0.4, 0.5) is 5.69 Å². The molecule has 4 aliphatic heterocycles. The van der Waals surface area contributed by atoms with E-state index in [2.05, 4.69) is 41.1 Å². The van der Waals surface area contributed by atoms with Crippen LogP contribution in [-0.2, 0) is 32.7 Å². The number of piperidine rings is 3. The van der Waals surface area contributed by atoms with Crippen LogP contribution in [0.25, 0.3) is 22.0 Å². The summed E-state index contributed by atoms with van der Waals surface area (Å²) >= 11 is 0. The second-order valence-electron chi connectivity index (χ2n) is 17.7. The Bertz CT molecular complexity index is 1320. The Morgan fingerprint density at radius 3 is 1.56 bits per heavy atom. The summed E-state index contributed by atoms with van der Waals surface area (Å²) in [6.45, 7) is 6.43. The summed E-state index contributed by atoms with van der Waals surface area (Å²) in [5, 5.41) is 62.7. The average Bonchev–Trinajstić information content (AvgIpc) is 3.19. The van der Waals surface area contributed by atoms with Crippen molar-refractivity contribution in [1.29, 1.82) is 0 Å². The maximum absolute atomic E-state index is 12.3. The van der Waals surface area contributed by atoms with Gasteiger partial charge in [-0.25, -0.2) is 0 Å². The molecular formula is C44H70N6O4Y-. The van der Waals surface area contributed by atoms with Crippen LogP contribution in [0.3, 0.4) is 0 Å². The Kier molecular flexibility index (Phi) is 16.8. The first-order chi connectivity index (χ1) is 26.3. The van der Waals surface area contributed by atoms with Crippen molar-refractivity contribution < 1.29 is 53.1 Å². The third-order valence-corrected chi connectivity index (χ3v) is 14.1. The maximum Gasteiger partial charge on any atom is 3.00 e. The van der Waals surface area contributed by atoms with E-state index in [0.29, 0.717) is 23.4 Å². The number of para-hydroxylation sites is 1. The molecule has 0 amide bonds. The fourth-order valence-electron chi connectivity index (χ4n) is 11.1. The molecule has 11 heteroatoms. The first kappa shape index (κ1) is 43.9. The van der Waals surface area contributed by atoms with Crippen LogP contribution >= 0.6 is 0 Å². The van der Waals surface area contributed by atoms with Gasteiger partial charge in [-0.05, 0) is 56.8 Å². The third-order valence-electron chi connectivity index (χ3n) is 14.1. The van der Waals surface area contributed by atoms with Gasteiger partial charge in [0.05, 0.1) is 6.17 Å². The van der Waals surface area contributed by atoms with Gasteiger partial charge in [0.25, 0.3) is 0 Å². The van der Waals surface area contributed by atoms with Crippen molar-refractivity contribution in [3.63, 3.8) is 0 Å². The number of nitrogens with zero attached hydrogens (tertiary/aromatic N) is 5. The number of anilines is 1. The molecule has 0 bridgehead atoms. The molecule has 13 atom stereocenters. The normalized spacial score (nSPS) is 38.3. The summed E-state index contributed by atoms with van der Waals surface area (Å²) in [6, 6.07) is 5.75. The van der Waals surface area contributed by atoms with E-state index in [-0.39, 0.29) is 99.6 Å². The van der Waals surface area contributed by atoms with Gasteiger partial charge in [0.2, 0.25) is 0 Å². The Labute approximate surface area is 357 Å². The topological polar surface area (TPSA) is 145 Å². The quantitative estimate of drug-likeness (QED) is 0.189. The van der Waals surface area contributed by atoms with Crippen molar-refractivity contribution in [2.24, 2.45) is 17.8 Å². The minimum absolute atomic E-state index is 0. The SMILES string of the molecule is CCCCN(C1CCC2CCCC(O)C2[N-]1)C1C=Cc2cccc([O-])c2N1.CCCCN(C1CCC2CCCC(O)C2[N-]1)C1CCC2CCCC(O)C2[N-]1.[Y+3]. The molecule has 10 nitrogen and oxygen atoms in total. The second kappa shape index (κ2) is 21.0. The van der Waals surface area contributed by atoms with Crippen molar-refractivity contribution in [1.82, 2.24) is 9.80 Å². The number of fused-ring (bicyclic) bond motifs is 4. The molecule has 4 N–H and O–H groups in total. The first-order valence-electron chi connectivity index (χ1n) is 22.2. The maximum atomic E-state index is 12.3. The van der Waals surface area contributed by atoms with Crippen LogP contribution in [-0.4, -0.2) is 99.3 Å². The second-order valence-corrected chi connectivity index (χ2v) is 17.7. The monoisotopic (exact) mass is 835 g/mol. The zero-order valence-electron chi connectivity index (χ0n) is 33.8. The predicted molar refractivity (Wildman–Crippen MR) is 216 cm³/mol. The fraction of sp³-hybridized carbons (Fsp3) is 0.818. The van der Waals surface area contributed by atoms with E-state index in [1.54, 1.807) is 6.07 Å². The summed E-state index contributed by atoms with van der Waals surface area (Å²) in [6.07, 6.45) is 25.1. The Balaban J connectivity index is 0.000000184. The van der Waals surface area contributed by atoms with Gasteiger partial charge in [-0.15, -0.1) is 18.1 Å². The van der Waals surface area contributed by atoms with Crippen LogP contribution in [0, 0.1) is 17.8 Å². The molecule has 6 fully saturated rings. The van der Waals surface area contributed by atoms with Gasteiger partial charge in [0, 0.05) is 24.0 Å². The Hall–Kier alpha value is -0.656. The minimum atomic E-state index is -0.289. The number of unbranched alkanes of at least 4 members (excludes halogenated alkanes) is 2. The minimum Gasteiger partial charge on any atom is -0.871 e. The van der Waals surface area contributed by atoms with Crippen molar-refractivity contribution >= 4 is 11.8 Å². The number of aliphatic hydroxyl groups excluding tert-OH is 3. The molecule has 55 heavy (non-hydrogen) atoms. The van der Waals surface area contributed by atoms with E-state index in [9.17, 15) is 20.4 Å². The van der Waals surface area contributed by atoms with Gasteiger partial charge in [0.15, 0.2) is 0 Å². The van der Waals surface area contributed by atoms with E-state index in [4.69, 9.17) is 16.0 Å². The smallest absolute Gasteiger partial charge is 0.871 e. The number of aliphatic hydroxyl groups is 3. The van der Waals surface area contributed by atoms with Gasteiger partial charge >= 0.3 is 32.7 Å². The van der Waals surface area contributed by atoms with Crippen LogP contribution in [0.5, 0.6) is 5.75 Å². The molecule has 4 heterocycles. The zero-order chi connectivity index (χ0) is 37.6. The molecule has 3 saturated carbocycles. The van der Waals surface area contributed by atoms with Crippen LogP contribution in [0.1, 0.15) is 141 Å². The standard InChI is InChI=1S/C22H39N3O2.C22H32N3O2.Y/c2*1-2-3-14-25(19-12-10-15-6-4-8-17(26)21(15)23-19)20-13-11-16-7-5-9-18(27)22(16)24-20;/h15-22,26-27H,2-14H2,1H3;4,6,8,10,12,16,18-20,22-23,26-27H,2-3,5,7,9,11,13-14H2,1H3;/q-2;-1;+3/p-1. The number of benzene rings is 1. The summed E-state index contributed by atoms with van der Waals surface area (Å²) in [5.74, 6) is 1.76. The van der Waals surface area contributed by atoms with Gasteiger partial charge in [-0.1, -0.05) is 170 Å². The number of hydrogen-bond acceptors (Lipinski definition) is 7. The summed E-state index contributed by atoms with van der Waals surface area (Å²) in [5.41, 5.74) is 1.65. The molecule has 13 unspecified atom stereocenters. The van der Waals surface area contributed by atoms with Gasteiger partial charge in [-0.3, -0.25) is 4.90 Å². The molecule has 0 spiro atoms. The largest absolute Gasteiger partial charge is 3.00 e. The summed E-state index contributed by atoms with van der Waals surface area (Å²) < 4.78 is 0. The molecular weight excluding hydrogens is 765 g/mol. The third kappa shape index (κ3) is 10.6. The molecule has 0 radical (unpaired) electrons. The van der Waals surface area contributed by atoms with Crippen LogP contribution in [0.2, 0.25) is 0 Å².